The van der Waals surface area contributed by atoms with E-state index in [2.05, 4.69) is 35.1 Å². The summed E-state index contributed by atoms with van der Waals surface area (Å²) in [6.07, 6.45) is 0. The first-order chi connectivity index (χ1) is 7.54. The molecule has 0 aliphatic rings. The van der Waals surface area contributed by atoms with Crippen LogP contribution in [0, 0.1) is 5.92 Å². The van der Waals surface area contributed by atoms with Crippen LogP contribution in [0.15, 0.2) is 22.7 Å². The van der Waals surface area contributed by atoms with E-state index in [9.17, 15) is 0 Å². The van der Waals surface area contributed by atoms with Gasteiger partial charge in [0.15, 0.2) is 0 Å². The van der Waals surface area contributed by atoms with Gasteiger partial charge >= 0.3 is 0 Å². The van der Waals surface area contributed by atoms with E-state index in [1.807, 2.05) is 18.2 Å². The van der Waals surface area contributed by atoms with Crippen molar-refractivity contribution in [2.45, 2.75) is 26.4 Å². The fourth-order valence-electron chi connectivity index (χ4n) is 1.50. The van der Waals surface area contributed by atoms with Crippen molar-refractivity contribution in [1.82, 2.24) is 5.32 Å². The third-order valence-electron chi connectivity index (χ3n) is 2.63. The van der Waals surface area contributed by atoms with Crippen molar-refractivity contribution < 1.29 is 0 Å². The van der Waals surface area contributed by atoms with Gasteiger partial charge in [0.2, 0.25) is 0 Å². The number of hydrogen-bond donors (Lipinski definition) is 2. The summed E-state index contributed by atoms with van der Waals surface area (Å²) < 4.78 is 1.00. The minimum atomic E-state index is 0.333. The van der Waals surface area contributed by atoms with Crippen LogP contribution in [0.1, 0.15) is 19.4 Å². The van der Waals surface area contributed by atoms with Gasteiger partial charge in [-0.15, -0.1) is 0 Å². The van der Waals surface area contributed by atoms with Gasteiger partial charge in [0.05, 0.1) is 0 Å². The second-order valence-electron chi connectivity index (χ2n) is 4.20. The predicted octanol–water partition coefficient (Wildman–Crippen LogP) is 3.18. The van der Waals surface area contributed by atoms with Crippen LogP contribution in [-0.4, -0.2) is 12.6 Å². The minimum absolute atomic E-state index is 0.333. The van der Waals surface area contributed by atoms with Crippen molar-refractivity contribution >= 4 is 27.5 Å². The summed E-state index contributed by atoms with van der Waals surface area (Å²) in [5, 5.41) is 4.20. The molecule has 0 amide bonds. The smallest absolute Gasteiger partial charge is 0.0462 e. The third kappa shape index (κ3) is 4.06. The largest absolute Gasteiger partial charge is 0.329 e. The van der Waals surface area contributed by atoms with E-state index in [0.29, 0.717) is 18.5 Å². The topological polar surface area (TPSA) is 38.0 Å². The molecule has 3 N–H and O–H groups in total. The molecule has 1 rings (SSSR count). The number of halogens is 2. The Morgan fingerprint density at radius 1 is 1.44 bits per heavy atom. The van der Waals surface area contributed by atoms with Gasteiger partial charge in [-0.3, -0.25) is 0 Å². The first kappa shape index (κ1) is 14.0. The average molecular weight is 306 g/mol. The molecule has 1 atom stereocenters. The molecule has 4 heteroatoms. The molecule has 1 unspecified atom stereocenters. The molecule has 0 bridgehead atoms. The normalized spacial score (nSPS) is 13.1. The number of nitrogens with one attached hydrogen (secondary N) is 1. The van der Waals surface area contributed by atoms with Gasteiger partial charge in [0.25, 0.3) is 0 Å². The lowest BCUT2D eigenvalue weighted by Gasteiger charge is -2.20. The molecule has 0 saturated heterocycles. The SMILES string of the molecule is CC(C)C(CN)NCc1ccc(Br)cc1Cl. The Balaban J connectivity index is 2.60. The summed E-state index contributed by atoms with van der Waals surface area (Å²) >= 11 is 9.52. The second-order valence-corrected chi connectivity index (χ2v) is 5.53. The Hall–Kier alpha value is -0.0900. The molecule has 0 spiro atoms. The lowest BCUT2D eigenvalue weighted by molar-refractivity contribution is 0.405. The van der Waals surface area contributed by atoms with E-state index in [-0.39, 0.29) is 0 Å². The van der Waals surface area contributed by atoms with Gasteiger partial charge in [-0.1, -0.05) is 47.4 Å². The molecule has 0 saturated carbocycles. The summed E-state index contributed by atoms with van der Waals surface area (Å²) in [6, 6.07) is 6.26. The van der Waals surface area contributed by atoms with Gasteiger partial charge in [0, 0.05) is 28.6 Å². The Kier molecular flexibility index (Phi) is 5.76. The zero-order valence-electron chi connectivity index (χ0n) is 9.63. The van der Waals surface area contributed by atoms with Crippen LogP contribution in [-0.2, 0) is 6.54 Å². The molecular weight excluding hydrogens is 288 g/mol. The molecule has 0 fully saturated rings. The summed E-state index contributed by atoms with van der Waals surface area (Å²) in [6.45, 7) is 5.72. The average Bonchev–Trinajstić information content (AvgIpc) is 2.21. The van der Waals surface area contributed by atoms with Crippen LogP contribution in [0.5, 0.6) is 0 Å². The minimum Gasteiger partial charge on any atom is -0.329 e. The van der Waals surface area contributed by atoms with Gasteiger partial charge in [-0.05, 0) is 23.6 Å². The number of hydrogen-bond acceptors (Lipinski definition) is 2. The van der Waals surface area contributed by atoms with E-state index in [0.717, 1.165) is 21.6 Å². The van der Waals surface area contributed by atoms with Crippen molar-refractivity contribution in [3.8, 4) is 0 Å². The molecule has 90 valence electrons. The maximum absolute atomic E-state index is 6.13. The van der Waals surface area contributed by atoms with Crippen LogP contribution in [0.25, 0.3) is 0 Å². The number of nitrogens with two attached hydrogens (primary N) is 1. The van der Waals surface area contributed by atoms with Crippen LogP contribution >= 0.6 is 27.5 Å². The third-order valence-corrected chi connectivity index (χ3v) is 3.47. The summed E-state index contributed by atoms with van der Waals surface area (Å²) in [4.78, 5) is 0. The van der Waals surface area contributed by atoms with Crippen LogP contribution in [0.4, 0.5) is 0 Å². The second kappa shape index (κ2) is 6.60. The van der Waals surface area contributed by atoms with Crippen molar-refractivity contribution in [2.75, 3.05) is 6.54 Å². The van der Waals surface area contributed by atoms with Crippen molar-refractivity contribution in [2.24, 2.45) is 11.7 Å². The van der Waals surface area contributed by atoms with Crippen molar-refractivity contribution in [1.29, 1.82) is 0 Å². The van der Waals surface area contributed by atoms with Crippen LogP contribution in [0.3, 0.4) is 0 Å². The fourth-order valence-corrected chi connectivity index (χ4v) is 2.24. The highest BCUT2D eigenvalue weighted by Crippen LogP contribution is 2.21. The molecule has 2 nitrogen and oxygen atoms in total. The van der Waals surface area contributed by atoms with E-state index in [1.165, 1.54) is 0 Å². The van der Waals surface area contributed by atoms with Gasteiger partial charge < -0.3 is 11.1 Å². The standard InChI is InChI=1S/C12H18BrClN2/c1-8(2)12(6-15)16-7-9-3-4-10(13)5-11(9)14/h3-5,8,12,16H,6-7,15H2,1-2H3. The summed E-state index contributed by atoms with van der Waals surface area (Å²) in [5.74, 6) is 0.527. The molecule has 0 radical (unpaired) electrons. The maximum Gasteiger partial charge on any atom is 0.0462 e. The fraction of sp³-hybridized carbons (Fsp3) is 0.500. The highest BCUT2D eigenvalue weighted by molar-refractivity contribution is 9.10. The molecule has 16 heavy (non-hydrogen) atoms. The summed E-state index contributed by atoms with van der Waals surface area (Å²) in [5.41, 5.74) is 6.80. The molecular formula is C12H18BrClN2. The molecule has 1 aromatic rings. The molecule has 0 heterocycles. The predicted molar refractivity (Wildman–Crippen MR) is 73.7 cm³/mol. The first-order valence-corrected chi connectivity index (χ1v) is 6.59. The van der Waals surface area contributed by atoms with Crippen molar-refractivity contribution in [3.05, 3.63) is 33.3 Å². The van der Waals surface area contributed by atoms with E-state index in [4.69, 9.17) is 17.3 Å². The van der Waals surface area contributed by atoms with Gasteiger partial charge in [-0.2, -0.15) is 0 Å². The Morgan fingerprint density at radius 2 is 2.12 bits per heavy atom. The zero-order chi connectivity index (χ0) is 12.1. The molecule has 0 aliphatic carbocycles. The Labute approximate surface area is 111 Å². The highest BCUT2D eigenvalue weighted by Gasteiger charge is 2.11. The zero-order valence-corrected chi connectivity index (χ0v) is 12.0. The summed E-state index contributed by atoms with van der Waals surface area (Å²) in [7, 11) is 0. The van der Waals surface area contributed by atoms with Gasteiger partial charge in [0.1, 0.15) is 0 Å². The molecule has 0 aliphatic heterocycles. The maximum atomic E-state index is 6.13. The van der Waals surface area contributed by atoms with Crippen molar-refractivity contribution in [3.63, 3.8) is 0 Å². The van der Waals surface area contributed by atoms with Gasteiger partial charge in [-0.25, -0.2) is 0 Å². The van der Waals surface area contributed by atoms with E-state index in [1.54, 1.807) is 0 Å². The number of rotatable bonds is 5. The molecule has 1 aromatic carbocycles. The van der Waals surface area contributed by atoms with E-state index >= 15 is 0 Å². The quantitative estimate of drug-likeness (QED) is 0.877. The molecule has 0 aromatic heterocycles. The lowest BCUT2D eigenvalue weighted by Crippen LogP contribution is -2.39. The van der Waals surface area contributed by atoms with E-state index < -0.39 is 0 Å². The first-order valence-electron chi connectivity index (χ1n) is 5.42. The Morgan fingerprint density at radius 3 is 2.62 bits per heavy atom. The van der Waals surface area contributed by atoms with Crippen LogP contribution < -0.4 is 11.1 Å². The monoisotopic (exact) mass is 304 g/mol. The highest BCUT2D eigenvalue weighted by atomic mass is 79.9. The number of benzene rings is 1. The Bertz CT molecular complexity index is 342. The lowest BCUT2D eigenvalue weighted by atomic mass is 10.0. The van der Waals surface area contributed by atoms with Crippen LogP contribution in [0.2, 0.25) is 5.02 Å².